The van der Waals surface area contributed by atoms with E-state index in [1.54, 1.807) is 0 Å². The van der Waals surface area contributed by atoms with Crippen LogP contribution >= 0.6 is 0 Å². The molecular formula is C12H34KN9. The van der Waals surface area contributed by atoms with E-state index in [1.807, 2.05) is 0 Å². The minimum absolute atomic E-state index is 0. The predicted molar refractivity (Wildman–Crippen MR) is 92.2 cm³/mol. The molecule has 0 saturated carbocycles. The van der Waals surface area contributed by atoms with Crippen LogP contribution in [0, 0.1) is 0 Å². The van der Waals surface area contributed by atoms with Crippen LogP contribution in [0.2, 0.25) is 0 Å². The summed E-state index contributed by atoms with van der Waals surface area (Å²) < 4.78 is 0. The van der Waals surface area contributed by atoms with Crippen LogP contribution in [0.15, 0.2) is 0 Å². The third kappa shape index (κ3) is 10.9. The van der Waals surface area contributed by atoms with Gasteiger partial charge in [-0.1, -0.05) is 0 Å². The van der Waals surface area contributed by atoms with Crippen LogP contribution in [-0.4, -0.2) is 124 Å². The molecule has 1 heterocycles. The van der Waals surface area contributed by atoms with Crippen LogP contribution < -0.4 is 34.4 Å². The molecule has 0 aliphatic carbocycles. The maximum atomic E-state index is 5.63. The van der Waals surface area contributed by atoms with Crippen molar-refractivity contribution in [3.63, 3.8) is 0 Å². The van der Waals surface area contributed by atoms with Crippen LogP contribution in [0.5, 0.6) is 0 Å². The zero-order valence-electron chi connectivity index (χ0n) is 12.9. The maximum absolute atomic E-state index is 5.63. The predicted octanol–water partition coefficient (Wildman–Crippen LogP) is -3.97. The number of nitrogens with two attached hydrogens (primary N) is 6. The quantitative estimate of drug-likeness (QED) is 0.181. The number of hydrogen-bond donors (Lipinski definition) is 6. The Labute approximate surface area is 176 Å². The second-order valence-corrected chi connectivity index (χ2v) is 5.97. The zero-order chi connectivity index (χ0) is 15.8. The summed E-state index contributed by atoms with van der Waals surface area (Å²) in [6.45, 7) is 5.25. The molecule has 0 bridgehead atoms. The second-order valence-electron chi connectivity index (χ2n) is 5.97. The Balaban J connectivity index is 0.00000441. The minimum atomic E-state index is -0.274. The molecule has 1 aliphatic heterocycles. The Morgan fingerprint density at radius 3 is 0.955 bits per heavy atom. The molecule has 0 unspecified atom stereocenters. The number of rotatable bonds is 9. The Morgan fingerprint density at radius 2 is 0.773 bits per heavy atom. The van der Waals surface area contributed by atoms with Gasteiger partial charge >= 0.3 is 51.4 Å². The molecule has 9 nitrogen and oxygen atoms in total. The van der Waals surface area contributed by atoms with E-state index < -0.39 is 0 Å². The first-order chi connectivity index (χ1) is 9.86. The van der Waals surface area contributed by atoms with Gasteiger partial charge in [-0.3, -0.25) is 14.7 Å². The standard InChI is InChI=1S/C12H33N9.K.H/c13-10(14)1-4-19-7-20(5-2-11(15)16)9-21(8-19)6-3-12(17)18;;/h10-12H,1-9,13-18H2;;. The second kappa shape index (κ2) is 12.6. The van der Waals surface area contributed by atoms with Gasteiger partial charge in [-0.15, -0.1) is 0 Å². The number of nitrogens with zero attached hydrogens (tertiary/aromatic N) is 3. The van der Waals surface area contributed by atoms with E-state index in [0.717, 1.165) is 58.9 Å². The molecule has 10 heteroatoms. The van der Waals surface area contributed by atoms with Crippen molar-refractivity contribution in [2.24, 2.45) is 34.4 Å². The van der Waals surface area contributed by atoms with Crippen LogP contribution in [0.4, 0.5) is 0 Å². The molecule has 0 aromatic heterocycles. The summed E-state index contributed by atoms with van der Waals surface area (Å²) in [6.07, 6.45) is 1.49. The zero-order valence-corrected chi connectivity index (χ0v) is 12.9. The fraction of sp³-hybridized carbons (Fsp3) is 1.00. The summed E-state index contributed by atoms with van der Waals surface area (Å²) in [6, 6.07) is 0. The Kier molecular flexibility index (Phi) is 13.3. The summed E-state index contributed by atoms with van der Waals surface area (Å²) in [4.78, 5) is 6.96. The van der Waals surface area contributed by atoms with Gasteiger partial charge in [0, 0.05) is 19.6 Å². The molecule has 12 N–H and O–H groups in total. The molecule has 0 amide bonds. The average Bonchev–Trinajstić information content (AvgIpc) is 2.40. The van der Waals surface area contributed by atoms with Gasteiger partial charge in [-0.2, -0.15) is 0 Å². The Bertz CT molecular complexity index is 229. The van der Waals surface area contributed by atoms with E-state index >= 15 is 0 Å². The third-order valence-electron chi connectivity index (χ3n) is 3.54. The van der Waals surface area contributed by atoms with Crippen molar-refractivity contribution in [3.8, 4) is 0 Å². The third-order valence-corrected chi connectivity index (χ3v) is 3.54. The van der Waals surface area contributed by atoms with Gasteiger partial charge in [-0.25, -0.2) is 0 Å². The molecular weight excluding hydrogens is 309 g/mol. The summed E-state index contributed by atoms with van der Waals surface area (Å²) >= 11 is 0. The molecule has 0 aromatic carbocycles. The molecule has 0 atom stereocenters. The molecule has 0 aromatic rings. The normalized spacial score (nSPS) is 18.4. The molecule has 0 spiro atoms. The van der Waals surface area contributed by atoms with Crippen molar-refractivity contribution in [1.82, 2.24) is 14.7 Å². The van der Waals surface area contributed by atoms with E-state index in [1.165, 1.54) is 0 Å². The summed E-state index contributed by atoms with van der Waals surface area (Å²) in [7, 11) is 0. The Hall–Kier alpha value is 1.28. The molecule has 1 aliphatic rings. The van der Waals surface area contributed by atoms with Crippen LogP contribution in [-0.2, 0) is 0 Å². The Morgan fingerprint density at radius 1 is 0.545 bits per heavy atom. The first-order valence-electron chi connectivity index (χ1n) is 7.57. The van der Waals surface area contributed by atoms with Gasteiger partial charge in [-0.05, 0) is 19.3 Å². The molecule has 128 valence electrons. The van der Waals surface area contributed by atoms with E-state index in [0.29, 0.717) is 0 Å². The van der Waals surface area contributed by atoms with Gasteiger partial charge < -0.3 is 34.4 Å². The molecule has 22 heavy (non-hydrogen) atoms. The summed E-state index contributed by atoms with van der Waals surface area (Å²) in [5.74, 6) is 0. The topological polar surface area (TPSA) is 166 Å². The summed E-state index contributed by atoms with van der Waals surface area (Å²) in [5, 5.41) is 0. The van der Waals surface area contributed by atoms with Gasteiger partial charge in [0.2, 0.25) is 0 Å². The molecule has 1 fully saturated rings. The monoisotopic (exact) mass is 343 g/mol. The van der Waals surface area contributed by atoms with Gasteiger partial charge in [0.1, 0.15) is 0 Å². The fourth-order valence-electron chi connectivity index (χ4n) is 2.40. The van der Waals surface area contributed by atoms with Gasteiger partial charge in [0.25, 0.3) is 0 Å². The van der Waals surface area contributed by atoms with Crippen molar-refractivity contribution in [2.45, 2.75) is 37.8 Å². The van der Waals surface area contributed by atoms with Gasteiger partial charge in [0.15, 0.2) is 0 Å². The van der Waals surface area contributed by atoms with Crippen molar-refractivity contribution in [3.05, 3.63) is 0 Å². The van der Waals surface area contributed by atoms with Crippen molar-refractivity contribution in [2.75, 3.05) is 39.6 Å². The van der Waals surface area contributed by atoms with E-state index in [2.05, 4.69) is 14.7 Å². The number of hydrogen-bond acceptors (Lipinski definition) is 9. The molecule has 0 radical (unpaired) electrons. The van der Waals surface area contributed by atoms with Crippen LogP contribution in [0.3, 0.4) is 0 Å². The van der Waals surface area contributed by atoms with Crippen molar-refractivity contribution in [1.29, 1.82) is 0 Å². The fourth-order valence-corrected chi connectivity index (χ4v) is 2.40. The van der Waals surface area contributed by atoms with Crippen LogP contribution in [0.1, 0.15) is 19.3 Å². The first kappa shape index (κ1) is 23.3. The van der Waals surface area contributed by atoms with E-state index in [4.69, 9.17) is 34.4 Å². The SMILES string of the molecule is NC(N)CCN1CN(CCC(N)N)CN(CCC(N)N)C1.[KH]. The molecule has 1 rings (SSSR count). The van der Waals surface area contributed by atoms with Crippen LogP contribution in [0.25, 0.3) is 0 Å². The van der Waals surface area contributed by atoms with Gasteiger partial charge in [0.05, 0.1) is 38.5 Å². The molecule has 1 saturated heterocycles. The summed E-state index contributed by atoms with van der Waals surface area (Å²) in [5.41, 5.74) is 33.8. The van der Waals surface area contributed by atoms with E-state index in [-0.39, 0.29) is 69.9 Å². The first-order valence-corrected chi connectivity index (χ1v) is 7.57. The van der Waals surface area contributed by atoms with Crippen molar-refractivity contribution < 1.29 is 0 Å². The average molecular weight is 344 g/mol. The van der Waals surface area contributed by atoms with E-state index in [9.17, 15) is 0 Å². The van der Waals surface area contributed by atoms with Crippen molar-refractivity contribution >= 4 is 51.4 Å².